The van der Waals surface area contributed by atoms with E-state index >= 15 is 0 Å². The van der Waals surface area contributed by atoms with Crippen molar-refractivity contribution in [1.82, 2.24) is 14.8 Å². The molecular weight excluding hydrogens is 400 g/mol. The minimum Gasteiger partial charge on any atom is -0.377 e. The molecule has 168 valence electrons. The Labute approximate surface area is 190 Å². The van der Waals surface area contributed by atoms with Gasteiger partial charge in [0.15, 0.2) is 0 Å². The third-order valence-electron chi connectivity index (χ3n) is 6.42. The van der Waals surface area contributed by atoms with Crippen LogP contribution in [0.4, 0.5) is 5.69 Å². The fraction of sp³-hybridized carbons (Fsp3) is 0.423. The molecular formula is C26H32N4O2. The molecule has 0 atom stereocenters. The standard InChI is InChI=1S/C26H32N4O2/c1-19-11-12-22(26(32)29-15-7-4-8-16-29)24(27-19)20-13-17-30(18-14-20)25(31)21-9-5-6-10-23(21)28(2)3/h4-7,9-12,20H,8,13-18H2,1-3H3. The van der Waals surface area contributed by atoms with Crippen LogP contribution in [0.25, 0.3) is 0 Å². The van der Waals surface area contributed by atoms with Crippen LogP contribution in [0.3, 0.4) is 0 Å². The Morgan fingerprint density at radius 3 is 2.31 bits per heavy atom. The summed E-state index contributed by atoms with van der Waals surface area (Å²) in [5.74, 6) is 0.318. The SMILES string of the molecule is Cc1ccc(C(=O)N2CC=CCC2)c(C2CCN(C(=O)c3ccccc3N(C)C)CC2)n1. The molecule has 0 N–H and O–H groups in total. The number of amides is 2. The van der Waals surface area contributed by atoms with Gasteiger partial charge >= 0.3 is 0 Å². The van der Waals surface area contributed by atoms with E-state index in [9.17, 15) is 9.59 Å². The zero-order valence-corrected chi connectivity index (χ0v) is 19.3. The summed E-state index contributed by atoms with van der Waals surface area (Å²) in [4.78, 5) is 37.0. The zero-order chi connectivity index (χ0) is 22.7. The summed E-state index contributed by atoms with van der Waals surface area (Å²) < 4.78 is 0. The highest BCUT2D eigenvalue weighted by atomic mass is 16.2. The number of aromatic nitrogens is 1. The number of carbonyl (C=O) groups is 2. The van der Waals surface area contributed by atoms with Gasteiger partial charge < -0.3 is 14.7 Å². The number of rotatable bonds is 4. The lowest BCUT2D eigenvalue weighted by Crippen LogP contribution is -2.39. The van der Waals surface area contributed by atoms with Crippen LogP contribution in [-0.2, 0) is 0 Å². The molecule has 4 rings (SSSR count). The second-order valence-corrected chi connectivity index (χ2v) is 8.87. The fourth-order valence-electron chi connectivity index (χ4n) is 4.64. The zero-order valence-electron chi connectivity index (χ0n) is 19.3. The van der Waals surface area contributed by atoms with Gasteiger partial charge in [-0.15, -0.1) is 0 Å². The minimum atomic E-state index is 0.0651. The van der Waals surface area contributed by atoms with Crippen LogP contribution < -0.4 is 4.90 Å². The molecule has 1 saturated heterocycles. The molecule has 2 amide bonds. The molecule has 2 aromatic rings. The maximum Gasteiger partial charge on any atom is 0.256 e. The van der Waals surface area contributed by atoms with Gasteiger partial charge in [0, 0.05) is 57.6 Å². The van der Waals surface area contributed by atoms with E-state index in [0.717, 1.165) is 48.4 Å². The molecule has 32 heavy (non-hydrogen) atoms. The van der Waals surface area contributed by atoms with E-state index in [-0.39, 0.29) is 17.7 Å². The van der Waals surface area contributed by atoms with Gasteiger partial charge in [0.25, 0.3) is 11.8 Å². The fourth-order valence-corrected chi connectivity index (χ4v) is 4.64. The summed E-state index contributed by atoms with van der Waals surface area (Å²) in [6, 6.07) is 11.6. The molecule has 3 heterocycles. The molecule has 0 radical (unpaired) electrons. The first-order valence-corrected chi connectivity index (χ1v) is 11.4. The van der Waals surface area contributed by atoms with Crippen molar-refractivity contribution in [2.24, 2.45) is 0 Å². The van der Waals surface area contributed by atoms with Crippen molar-refractivity contribution in [3.8, 4) is 0 Å². The number of hydrogen-bond acceptors (Lipinski definition) is 4. The molecule has 2 aliphatic heterocycles. The second kappa shape index (κ2) is 9.55. The van der Waals surface area contributed by atoms with Gasteiger partial charge in [0.1, 0.15) is 0 Å². The average Bonchev–Trinajstić information content (AvgIpc) is 2.83. The van der Waals surface area contributed by atoms with Crippen molar-refractivity contribution in [3.05, 3.63) is 71.1 Å². The van der Waals surface area contributed by atoms with Gasteiger partial charge in [-0.25, -0.2) is 0 Å². The largest absolute Gasteiger partial charge is 0.377 e. The Bertz CT molecular complexity index is 1020. The quantitative estimate of drug-likeness (QED) is 0.688. The lowest BCUT2D eigenvalue weighted by Gasteiger charge is -2.34. The lowest BCUT2D eigenvalue weighted by molar-refractivity contribution is 0.0706. The molecule has 0 saturated carbocycles. The van der Waals surface area contributed by atoms with Gasteiger partial charge in [-0.3, -0.25) is 14.6 Å². The summed E-state index contributed by atoms with van der Waals surface area (Å²) >= 11 is 0. The number of pyridine rings is 1. The summed E-state index contributed by atoms with van der Waals surface area (Å²) in [5, 5.41) is 0. The third-order valence-corrected chi connectivity index (χ3v) is 6.42. The van der Waals surface area contributed by atoms with E-state index in [1.54, 1.807) is 0 Å². The van der Waals surface area contributed by atoms with E-state index in [4.69, 9.17) is 4.98 Å². The van der Waals surface area contributed by atoms with Crippen molar-refractivity contribution in [1.29, 1.82) is 0 Å². The van der Waals surface area contributed by atoms with Gasteiger partial charge in [-0.1, -0.05) is 24.3 Å². The van der Waals surface area contributed by atoms with E-state index in [1.807, 2.05) is 72.1 Å². The topological polar surface area (TPSA) is 56.8 Å². The number of likely N-dealkylation sites (tertiary alicyclic amines) is 1. The molecule has 1 aromatic carbocycles. The van der Waals surface area contributed by atoms with Gasteiger partial charge in [-0.05, 0) is 50.5 Å². The number of benzene rings is 1. The van der Waals surface area contributed by atoms with Crippen LogP contribution in [0.5, 0.6) is 0 Å². The van der Waals surface area contributed by atoms with E-state index in [2.05, 4.69) is 12.2 Å². The number of anilines is 1. The first-order chi connectivity index (χ1) is 15.5. The summed E-state index contributed by atoms with van der Waals surface area (Å²) in [7, 11) is 3.91. The molecule has 0 aliphatic carbocycles. The molecule has 0 unspecified atom stereocenters. The first kappa shape index (κ1) is 22.1. The Hall–Kier alpha value is -3.15. The molecule has 0 spiro atoms. The number of hydrogen-bond donors (Lipinski definition) is 0. The molecule has 1 aromatic heterocycles. The Kier molecular flexibility index (Phi) is 6.58. The van der Waals surface area contributed by atoms with Crippen LogP contribution in [0.2, 0.25) is 0 Å². The smallest absolute Gasteiger partial charge is 0.256 e. The molecule has 0 bridgehead atoms. The maximum absolute atomic E-state index is 13.2. The molecule has 6 nitrogen and oxygen atoms in total. The average molecular weight is 433 g/mol. The Morgan fingerprint density at radius 2 is 1.62 bits per heavy atom. The van der Waals surface area contributed by atoms with E-state index in [0.29, 0.717) is 25.2 Å². The predicted octanol–water partition coefficient (Wildman–Crippen LogP) is 3.88. The second-order valence-electron chi connectivity index (χ2n) is 8.87. The van der Waals surface area contributed by atoms with Crippen LogP contribution in [0, 0.1) is 6.92 Å². The number of nitrogens with zero attached hydrogens (tertiary/aromatic N) is 4. The first-order valence-electron chi connectivity index (χ1n) is 11.4. The number of para-hydroxylation sites is 1. The van der Waals surface area contributed by atoms with E-state index in [1.165, 1.54) is 0 Å². The molecule has 2 aliphatic rings. The maximum atomic E-state index is 13.2. The predicted molar refractivity (Wildman–Crippen MR) is 127 cm³/mol. The van der Waals surface area contributed by atoms with Crippen LogP contribution in [-0.4, -0.2) is 66.9 Å². The normalized spacial score (nSPS) is 16.8. The lowest BCUT2D eigenvalue weighted by atomic mass is 9.89. The van der Waals surface area contributed by atoms with Crippen molar-refractivity contribution >= 4 is 17.5 Å². The summed E-state index contributed by atoms with van der Waals surface area (Å²) in [6.45, 7) is 4.71. The monoisotopic (exact) mass is 432 g/mol. The van der Waals surface area contributed by atoms with Crippen LogP contribution >= 0.6 is 0 Å². The third kappa shape index (κ3) is 4.54. The van der Waals surface area contributed by atoms with Gasteiger partial charge in [-0.2, -0.15) is 0 Å². The van der Waals surface area contributed by atoms with Crippen molar-refractivity contribution in [3.63, 3.8) is 0 Å². The van der Waals surface area contributed by atoms with Crippen LogP contribution in [0.1, 0.15) is 57.3 Å². The summed E-state index contributed by atoms with van der Waals surface area (Å²) in [5.41, 5.74) is 4.20. The van der Waals surface area contributed by atoms with Crippen LogP contribution in [0.15, 0.2) is 48.6 Å². The van der Waals surface area contributed by atoms with Crippen molar-refractivity contribution < 1.29 is 9.59 Å². The van der Waals surface area contributed by atoms with Crippen molar-refractivity contribution in [2.75, 3.05) is 45.2 Å². The van der Waals surface area contributed by atoms with Gasteiger partial charge in [0.2, 0.25) is 0 Å². The number of aryl methyl sites for hydroxylation is 1. The highest BCUT2D eigenvalue weighted by Gasteiger charge is 2.30. The Morgan fingerprint density at radius 1 is 0.906 bits per heavy atom. The van der Waals surface area contributed by atoms with Gasteiger partial charge in [0.05, 0.1) is 16.8 Å². The number of carbonyl (C=O) groups excluding carboxylic acids is 2. The van der Waals surface area contributed by atoms with Crippen molar-refractivity contribution in [2.45, 2.75) is 32.1 Å². The summed E-state index contributed by atoms with van der Waals surface area (Å²) in [6.07, 6.45) is 6.70. The Balaban J connectivity index is 1.50. The highest BCUT2D eigenvalue weighted by Crippen LogP contribution is 2.31. The minimum absolute atomic E-state index is 0.0651. The molecule has 1 fully saturated rings. The highest BCUT2D eigenvalue weighted by molar-refractivity contribution is 6.00. The molecule has 6 heteroatoms. The van der Waals surface area contributed by atoms with E-state index < -0.39 is 0 Å². The number of piperidine rings is 1.